The number of amides is 5. The van der Waals surface area contributed by atoms with Crippen LogP contribution in [0.1, 0.15) is 120 Å². The summed E-state index contributed by atoms with van der Waals surface area (Å²) in [6.07, 6.45) is 3.17. The number of rotatable bonds is 21. The van der Waals surface area contributed by atoms with Gasteiger partial charge in [0.25, 0.3) is 0 Å². The zero-order valence-electron chi connectivity index (χ0n) is 32.7. The first kappa shape index (κ1) is 44.6. The van der Waals surface area contributed by atoms with Crippen LogP contribution in [0.4, 0.5) is 0 Å². The molecule has 6 atom stereocenters. The van der Waals surface area contributed by atoms with E-state index in [0.717, 1.165) is 18.4 Å². The second kappa shape index (κ2) is 21.7. The number of carbonyl (C=O) groups excluding carboxylic acids is 5. The molecule has 0 fully saturated rings. The number of hydrogen-bond acceptors (Lipinski definition) is 6. The van der Waals surface area contributed by atoms with Crippen LogP contribution in [-0.2, 0) is 30.4 Å². The number of nitrogens with two attached hydrogens (primary N) is 1. The molecular weight excluding hydrogens is 632 g/mol. The SMILES string of the molecule is CCC(CC)NC(=O)[C@@H](NC(=O)C[C@H](N)C(Cc1ccccc1)NC(=O)[C@@H](NC(=O)[C@H](CC(C)C)NC(=O)CC(C)(C)C)C(C)C)[C@@H](C)CC. The van der Waals surface area contributed by atoms with E-state index in [1.807, 2.05) is 106 Å². The molecule has 11 nitrogen and oxygen atoms in total. The molecule has 5 amide bonds. The molecule has 1 unspecified atom stereocenters. The van der Waals surface area contributed by atoms with Crippen molar-refractivity contribution in [2.24, 2.45) is 28.9 Å². The Balaban J connectivity index is 3.22. The van der Waals surface area contributed by atoms with Crippen molar-refractivity contribution in [1.29, 1.82) is 0 Å². The maximum atomic E-state index is 13.9. The van der Waals surface area contributed by atoms with Crippen molar-refractivity contribution in [1.82, 2.24) is 26.6 Å². The van der Waals surface area contributed by atoms with Crippen LogP contribution in [0, 0.1) is 23.2 Å². The average molecular weight is 701 g/mol. The summed E-state index contributed by atoms with van der Waals surface area (Å²) in [5.74, 6) is -1.95. The molecular formula is C39H68N6O5. The second-order valence-electron chi connectivity index (χ2n) is 15.8. The zero-order valence-corrected chi connectivity index (χ0v) is 32.7. The van der Waals surface area contributed by atoms with Crippen LogP contribution in [0.3, 0.4) is 0 Å². The number of carbonyl (C=O) groups is 5. The molecule has 284 valence electrons. The molecule has 0 radical (unpaired) electrons. The predicted octanol–water partition coefficient (Wildman–Crippen LogP) is 4.37. The summed E-state index contributed by atoms with van der Waals surface area (Å²) in [5.41, 5.74) is 7.34. The minimum absolute atomic E-state index is 0.0217. The normalized spacial score (nSPS) is 15.4. The summed E-state index contributed by atoms with van der Waals surface area (Å²) in [4.78, 5) is 66.9. The summed E-state index contributed by atoms with van der Waals surface area (Å²) in [6.45, 7) is 21.4. The largest absolute Gasteiger partial charge is 0.352 e. The van der Waals surface area contributed by atoms with Crippen molar-refractivity contribution >= 4 is 29.5 Å². The lowest BCUT2D eigenvalue weighted by atomic mass is 9.91. The molecule has 1 rings (SSSR count). The highest BCUT2D eigenvalue weighted by Crippen LogP contribution is 2.19. The molecule has 0 heterocycles. The van der Waals surface area contributed by atoms with Gasteiger partial charge in [0, 0.05) is 31.0 Å². The molecule has 50 heavy (non-hydrogen) atoms. The maximum absolute atomic E-state index is 13.9. The van der Waals surface area contributed by atoms with Crippen LogP contribution in [0.5, 0.6) is 0 Å². The van der Waals surface area contributed by atoms with E-state index in [2.05, 4.69) is 26.6 Å². The Morgan fingerprint density at radius 2 is 1.28 bits per heavy atom. The monoisotopic (exact) mass is 701 g/mol. The Bertz CT molecular complexity index is 1210. The van der Waals surface area contributed by atoms with E-state index in [0.29, 0.717) is 19.3 Å². The fourth-order valence-electron chi connectivity index (χ4n) is 5.74. The van der Waals surface area contributed by atoms with E-state index < -0.39 is 42.0 Å². The van der Waals surface area contributed by atoms with Crippen LogP contribution >= 0.6 is 0 Å². The summed E-state index contributed by atoms with van der Waals surface area (Å²) in [5, 5.41) is 14.8. The number of benzene rings is 1. The van der Waals surface area contributed by atoms with Gasteiger partial charge in [0.2, 0.25) is 29.5 Å². The van der Waals surface area contributed by atoms with Crippen LogP contribution in [0.15, 0.2) is 30.3 Å². The lowest BCUT2D eigenvalue weighted by Gasteiger charge is -2.31. The third-order valence-corrected chi connectivity index (χ3v) is 9.00. The molecule has 11 heteroatoms. The minimum atomic E-state index is -0.917. The molecule has 1 aromatic rings. The molecule has 0 aliphatic carbocycles. The quantitative estimate of drug-likeness (QED) is 0.111. The van der Waals surface area contributed by atoms with Crippen LogP contribution in [-0.4, -0.2) is 65.8 Å². The summed E-state index contributed by atoms with van der Waals surface area (Å²) >= 11 is 0. The van der Waals surface area contributed by atoms with Crippen LogP contribution < -0.4 is 32.3 Å². The molecule has 7 N–H and O–H groups in total. The Kier molecular flexibility index (Phi) is 19.3. The molecule has 0 bridgehead atoms. The Labute approximate surface area is 301 Å². The van der Waals surface area contributed by atoms with E-state index in [1.165, 1.54) is 0 Å². The molecule has 0 aliphatic rings. The Morgan fingerprint density at radius 1 is 0.700 bits per heavy atom. The molecule has 0 spiro atoms. The number of nitrogens with one attached hydrogen (secondary N) is 5. The summed E-state index contributed by atoms with van der Waals surface area (Å²) in [6, 6.07) is 5.65. The second-order valence-corrected chi connectivity index (χ2v) is 15.8. The summed E-state index contributed by atoms with van der Waals surface area (Å²) < 4.78 is 0. The molecule has 0 saturated carbocycles. The van der Waals surface area contributed by atoms with Crippen LogP contribution in [0.2, 0.25) is 0 Å². The highest BCUT2D eigenvalue weighted by molar-refractivity contribution is 5.92. The topological polar surface area (TPSA) is 172 Å². The lowest BCUT2D eigenvalue weighted by Crippen LogP contribution is -2.59. The van der Waals surface area contributed by atoms with E-state index in [-0.39, 0.29) is 59.8 Å². The van der Waals surface area contributed by atoms with E-state index in [1.54, 1.807) is 0 Å². The number of hydrogen-bond donors (Lipinski definition) is 6. The first-order valence-corrected chi connectivity index (χ1v) is 18.6. The van der Waals surface area contributed by atoms with E-state index in [9.17, 15) is 24.0 Å². The van der Waals surface area contributed by atoms with Gasteiger partial charge in [-0.15, -0.1) is 0 Å². The highest BCUT2D eigenvalue weighted by atomic mass is 16.2. The average Bonchev–Trinajstić information content (AvgIpc) is 3.02. The third kappa shape index (κ3) is 16.5. The van der Waals surface area contributed by atoms with Crippen molar-refractivity contribution in [3.05, 3.63) is 35.9 Å². The standard InChI is InChI=1S/C39H68N6O5/c1-12-26(8)35(38(50)41-28(13-2)14-3)44-32(46)22-29(40)30(21-27-18-16-15-17-19-27)43-37(49)34(25(6)7)45-36(48)31(20-24(4)5)42-33(47)23-39(9,10)11/h15-19,24-26,28-31,34-35H,12-14,20-23,40H2,1-11H3,(H,41,50)(H,42,47)(H,43,49)(H,44,46)(H,45,48)/t26-,29-,30?,31-,34-,35-/m0/s1. The van der Waals surface area contributed by atoms with Crippen molar-refractivity contribution in [2.75, 3.05) is 0 Å². The fourth-order valence-corrected chi connectivity index (χ4v) is 5.74. The van der Waals surface area contributed by atoms with E-state index >= 15 is 0 Å². The highest BCUT2D eigenvalue weighted by Gasteiger charge is 2.33. The predicted molar refractivity (Wildman–Crippen MR) is 201 cm³/mol. The minimum Gasteiger partial charge on any atom is -0.352 e. The Hall–Kier alpha value is -3.47. The van der Waals surface area contributed by atoms with Gasteiger partial charge in [-0.3, -0.25) is 24.0 Å². The van der Waals surface area contributed by atoms with Gasteiger partial charge in [-0.05, 0) is 54.4 Å². The Morgan fingerprint density at radius 3 is 1.78 bits per heavy atom. The van der Waals surface area contributed by atoms with Crippen molar-refractivity contribution in [3.8, 4) is 0 Å². The molecule has 0 aliphatic heterocycles. The molecule has 0 saturated heterocycles. The zero-order chi connectivity index (χ0) is 38.2. The van der Waals surface area contributed by atoms with Gasteiger partial charge in [0.15, 0.2) is 0 Å². The van der Waals surface area contributed by atoms with Gasteiger partial charge < -0.3 is 32.3 Å². The smallest absolute Gasteiger partial charge is 0.243 e. The van der Waals surface area contributed by atoms with Gasteiger partial charge in [0.1, 0.15) is 18.1 Å². The fraction of sp³-hybridized carbons (Fsp3) is 0.718. The lowest BCUT2D eigenvalue weighted by molar-refractivity contribution is -0.134. The van der Waals surface area contributed by atoms with Gasteiger partial charge >= 0.3 is 0 Å². The van der Waals surface area contributed by atoms with Gasteiger partial charge in [-0.2, -0.15) is 0 Å². The molecule has 1 aromatic carbocycles. The van der Waals surface area contributed by atoms with E-state index in [4.69, 9.17) is 5.73 Å². The molecule has 0 aromatic heterocycles. The van der Waals surface area contributed by atoms with Crippen LogP contribution in [0.25, 0.3) is 0 Å². The van der Waals surface area contributed by atoms with Gasteiger partial charge in [0.05, 0.1) is 0 Å². The van der Waals surface area contributed by atoms with Crippen molar-refractivity contribution in [3.63, 3.8) is 0 Å². The maximum Gasteiger partial charge on any atom is 0.243 e. The first-order valence-electron chi connectivity index (χ1n) is 18.6. The van der Waals surface area contributed by atoms with Crippen molar-refractivity contribution in [2.45, 2.75) is 157 Å². The first-order chi connectivity index (χ1) is 23.3. The van der Waals surface area contributed by atoms with Gasteiger partial charge in [-0.25, -0.2) is 0 Å². The third-order valence-electron chi connectivity index (χ3n) is 9.00. The van der Waals surface area contributed by atoms with Crippen molar-refractivity contribution < 1.29 is 24.0 Å². The van der Waals surface area contributed by atoms with Gasteiger partial charge in [-0.1, -0.05) is 113 Å². The summed E-state index contributed by atoms with van der Waals surface area (Å²) in [7, 11) is 0.